The maximum absolute atomic E-state index is 12.9. The van der Waals surface area contributed by atoms with Crippen LogP contribution in [-0.4, -0.2) is 5.78 Å². The van der Waals surface area contributed by atoms with E-state index in [-0.39, 0.29) is 11.6 Å². The van der Waals surface area contributed by atoms with Crippen LogP contribution in [0, 0.1) is 5.82 Å². The Morgan fingerprint density at radius 3 is 2.47 bits per heavy atom. The molecule has 0 aliphatic heterocycles. The van der Waals surface area contributed by atoms with Crippen molar-refractivity contribution in [2.24, 2.45) is 0 Å². The van der Waals surface area contributed by atoms with Crippen LogP contribution < -0.4 is 0 Å². The van der Waals surface area contributed by atoms with E-state index in [2.05, 4.69) is 0 Å². The zero-order valence-electron chi connectivity index (χ0n) is 9.40. The van der Waals surface area contributed by atoms with E-state index in [1.165, 1.54) is 12.1 Å². The Bertz CT molecular complexity index is 505. The zero-order valence-corrected chi connectivity index (χ0v) is 9.40. The van der Waals surface area contributed by atoms with E-state index < -0.39 is 0 Å². The molecule has 86 valence electrons. The molecule has 0 unspecified atom stereocenters. The van der Waals surface area contributed by atoms with Gasteiger partial charge in [0.2, 0.25) is 0 Å². The van der Waals surface area contributed by atoms with Gasteiger partial charge in [-0.25, -0.2) is 4.39 Å². The predicted molar refractivity (Wildman–Crippen MR) is 65.5 cm³/mol. The Kier molecular flexibility index (Phi) is 3.66. The third-order valence-corrected chi connectivity index (χ3v) is 2.63. The molecule has 0 saturated carbocycles. The summed E-state index contributed by atoms with van der Waals surface area (Å²) in [6, 6.07) is 15.6. The van der Waals surface area contributed by atoms with Crippen molar-refractivity contribution < 1.29 is 9.18 Å². The molecule has 0 saturated heterocycles. The number of rotatable bonds is 4. The molecule has 0 amide bonds. The third kappa shape index (κ3) is 3.25. The van der Waals surface area contributed by atoms with Crippen LogP contribution in [0.1, 0.15) is 22.3 Å². The van der Waals surface area contributed by atoms with Crippen molar-refractivity contribution in [2.75, 3.05) is 0 Å². The van der Waals surface area contributed by atoms with E-state index in [1.807, 2.05) is 30.3 Å². The molecule has 17 heavy (non-hydrogen) atoms. The lowest BCUT2D eigenvalue weighted by molar-refractivity contribution is 0.0982. The molecule has 0 atom stereocenters. The van der Waals surface area contributed by atoms with Gasteiger partial charge in [0.1, 0.15) is 5.82 Å². The first-order chi connectivity index (χ1) is 8.25. The molecule has 0 N–H and O–H groups in total. The van der Waals surface area contributed by atoms with Crippen molar-refractivity contribution >= 4 is 5.78 Å². The molecule has 2 rings (SSSR count). The highest BCUT2D eigenvalue weighted by Gasteiger charge is 2.06. The largest absolute Gasteiger partial charge is 0.294 e. The molecule has 0 heterocycles. The lowest BCUT2D eigenvalue weighted by atomic mass is 10.0. The lowest BCUT2D eigenvalue weighted by Crippen LogP contribution is -2.01. The number of carbonyl (C=O) groups is 1. The van der Waals surface area contributed by atoms with Crippen molar-refractivity contribution in [2.45, 2.75) is 12.8 Å². The minimum Gasteiger partial charge on any atom is -0.294 e. The first kappa shape index (κ1) is 11.5. The van der Waals surface area contributed by atoms with Gasteiger partial charge in [-0.15, -0.1) is 0 Å². The average molecular weight is 228 g/mol. The minimum absolute atomic E-state index is 0.0200. The average Bonchev–Trinajstić information content (AvgIpc) is 2.37. The summed E-state index contributed by atoms with van der Waals surface area (Å²) < 4.78 is 12.9. The lowest BCUT2D eigenvalue weighted by Gasteiger charge is -2.01. The number of benzene rings is 2. The Morgan fingerprint density at radius 2 is 1.76 bits per heavy atom. The van der Waals surface area contributed by atoms with Gasteiger partial charge < -0.3 is 0 Å². The topological polar surface area (TPSA) is 17.1 Å². The third-order valence-electron chi connectivity index (χ3n) is 2.63. The van der Waals surface area contributed by atoms with Gasteiger partial charge in [-0.2, -0.15) is 0 Å². The molecule has 0 radical (unpaired) electrons. The van der Waals surface area contributed by atoms with Crippen molar-refractivity contribution in [1.82, 2.24) is 0 Å². The number of hydrogen-bond acceptors (Lipinski definition) is 1. The first-order valence-corrected chi connectivity index (χ1v) is 5.58. The van der Waals surface area contributed by atoms with Crippen molar-refractivity contribution in [3.63, 3.8) is 0 Å². The molecule has 0 spiro atoms. The monoisotopic (exact) mass is 228 g/mol. The molecule has 2 aromatic carbocycles. The predicted octanol–water partition coefficient (Wildman–Crippen LogP) is 3.64. The highest BCUT2D eigenvalue weighted by atomic mass is 19.1. The van der Waals surface area contributed by atoms with Crippen LogP contribution in [0.2, 0.25) is 0 Å². The van der Waals surface area contributed by atoms with Crippen LogP contribution in [0.25, 0.3) is 0 Å². The molecule has 0 bridgehead atoms. The Balaban J connectivity index is 1.98. The summed E-state index contributed by atoms with van der Waals surface area (Å²) in [5, 5.41) is 0. The van der Waals surface area contributed by atoms with Gasteiger partial charge >= 0.3 is 0 Å². The maximum atomic E-state index is 12.9. The van der Waals surface area contributed by atoms with Gasteiger partial charge in [0.15, 0.2) is 5.78 Å². The van der Waals surface area contributed by atoms with Crippen LogP contribution in [0.5, 0.6) is 0 Å². The molecular formula is C15H13FO. The fourth-order valence-corrected chi connectivity index (χ4v) is 1.71. The molecule has 2 heteroatoms. The summed E-state index contributed by atoms with van der Waals surface area (Å²) in [6.45, 7) is 0. The van der Waals surface area contributed by atoms with E-state index in [9.17, 15) is 9.18 Å². The van der Waals surface area contributed by atoms with Gasteiger partial charge in [0, 0.05) is 12.0 Å². The number of halogens is 1. The van der Waals surface area contributed by atoms with Gasteiger partial charge in [-0.1, -0.05) is 42.5 Å². The minimum atomic E-state index is -0.365. The van der Waals surface area contributed by atoms with Crippen LogP contribution in [-0.2, 0) is 6.42 Å². The van der Waals surface area contributed by atoms with Gasteiger partial charge in [-0.3, -0.25) is 4.79 Å². The Morgan fingerprint density at radius 1 is 1.00 bits per heavy atom. The van der Waals surface area contributed by atoms with E-state index in [4.69, 9.17) is 0 Å². The molecule has 0 aliphatic rings. The summed E-state index contributed by atoms with van der Waals surface area (Å²) in [7, 11) is 0. The van der Waals surface area contributed by atoms with Crippen LogP contribution in [0.3, 0.4) is 0 Å². The summed E-state index contributed by atoms with van der Waals surface area (Å²) in [5.41, 5.74) is 1.57. The Hall–Kier alpha value is -1.96. The van der Waals surface area contributed by atoms with Gasteiger partial charge in [0.05, 0.1) is 0 Å². The first-order valence-electron chi connectivity index (χ1n) is 5.58. The zero-order chi connectivity index (χ0) is 12.1. The quantitative estimate of drug-likeness (QED) is 0.730. The Labute approximate surface area is 99.9 Å². The molecule has 1 nitrogen and oxygen atoms in total. The highest BCUT2D eigenvalue weighted by Crippen LogP contribution is 2.09. The summed E-state index contributed by atoms with van der Waals surface area (Å²) in [5.74, 6) is -0.385. The fraction of sp³-hybridized carbons (Fsp3) is 0.133. The summed E-state index contributed by atoms with van der Waals surface area (Å²) in [4.78, 5) is 11.8. The number of aryl methyl sites for hydroxylation is 1. The fourth-order valence-electron chi connectivity index (χ4n) is 1.71. The normalized spacial score (nSPS) is 10.2. The maximum Gasteiger partial charge on any atom is 0.163 e. The van der Waals surface area contributed by atoms with Crippen molar-refractivity contribution in [3.8, 4) is 0 Å². The van der Waals surface area contributed by atoms with Crippen LogP contribution >= 0.6 is 0 Å². The number of ketones is 1. The van der Waals surface area contributed by atoms with Gasteiger partial charge in [-0.05, 0) is 24.1 Å². The number of Topliss-reactive ketones (excluding diaryl/α,β-unsaturated/α-hetero) is 1. The second-order valence-electron chi connectivity index (χ2n) is 3.92. The SMILES string of the molecule is O=C(CCc1ccccc1)c1cccc(F)c1. The standard InChI is InChI=1S/C15H13FO/c16-14-8-4-7-13(11-14)15(17)10-9-12-5-2-1-3-6-12/h1-8,11H,9-10H2. The van der Waals surface area contributed by atoms with E-state index in [0.29, 0.717) is 18.4 Å². The molecular weight excluding hydrogens is 215 g/mol. The molecule has 2 aromatic rings. The van der Waals surface area contributed by atoms with E-state index in [1.54, 1.807) is 12.1 Å². The number of carbonyl (C=O) groups excluding carboxylic acids is 1. The van der Waals surface area contributed by atoms with Crippen LogP contribution in [0.15, 0.2) is 54.6 Å². The van der Waals surface area contributed by atoms with E-state index >= 15 is 0 Å². The van der Waals surface area contributed by atoms with Crippen molar-refractivity contribution in [3.05, 3.63) is 71.5 Å². The smallest absolute Gasteiger partial charge is 0.163 e. The molecule has 0 aromatic heterocycles. The number of hydrogen-bond donors (Lipinski definition) is 0. The van der Waals surface area contributed by atoms with Crippen LogP contribution in [0.4, 0.5) is 4.39 Å². The van der Waals surface area contributed by atoms with Gasteiger partial charge in [0.25, 0.3) is 0 Å². The highest BCUT2D eigenvalue weighted by molar-refractivity contribution is 5.96. The second kappa shape index (κ2) is 5.39. The van der Waals surface area contributed by atoms with Crippen molar-refractivity contribution in [1.29, 1.82) is 0 Å². The second-order valence-corrected chi connectivity index (χ2v) is 3.92. The van der Waals surface area contributed by atoms with E-state index in [0.717, 1.165) is 5.56 Å². The molecule has 0 fully saturated rings. The summed E-state index contributed by atoms with van der Waals surface area (Å²) >= 11 is 0. The summed E-state index contributed by atoms with van der Waals surface area (Å²) in [6.07, 6.45) is 1.10. The molecule has 0 aliphatic carbocycles.